The van der Waals surface area contributed by atoms with Crippen LogP contribution in [0.3, 0.4) is 0 Å². The van der Waals surface area contributed by atoms with Crippen molar-refractivity contribution in [1.29, 1.82) is 0 Å². The van der Waals surface area contributed by atoms with Crippen LogP contribution in [0.5, 0.6) is 0 Å². The van der Waals surface area contributed by atoms with Crippen molar-refractivity contribution < 1.29 is 14.0 Å². The number of unbranched alkanes of at least 4 members (excludes halogenated alkanes) is 2. The lowest BCUT2D eigenvalue weighted by Crippen LogP contribution is -2.15. The molecule has 0 heterocycles. The SMILES string of the molecule is CCCCNCCCC.CCCSP(=O)(O)OCC. The van der Waals surface area contributed by atoms with Crippen molar-refractivity contribution in [3.8, 4) is 0 Å². The van der Waals surface area contributed by atoms with Crippen LogP contribution < -0.4 is 5.32 Å². The molecule has 0 aromatic heterocycles. The summed E-state index contributed by atoms with van der Waals surface area (Å²) >= 11 is 0.992. The van der Waals surface area contributed by atoms with Crippen LogP contribution >= 0.6 is 18.2 Å². The molecular formula is C13H32NO3PS. The lowest BCUT2D eigenvalue weighted by atomic mass is 10.3. The van der Waals surface area contributed by atoms with Gasteiger partial charge in [-0.1, -0.05) is 33.6 Å². The second-order valence-corrected chi connectivity index (χ2v) is 8.20. The molecule has 1 unspecified atom stereocenters. The first-order chi connectivity index (χ1) is 9.04. The Bertz CT molecular complexity index is 212. The average Bonchev–Trinajstić information content (AvgIpc) is 2.37. The summed E-state index contributed by atoms with van der Waals surface area (Å²) in [5.41, 5.74) is 0. The van der Waals surface area contributed by atoms with Gasteiger partial charge in [0.1, 0.15) is 0 Å². The second kappa shape index (κ2) is 16.5. The van der Waals surface area contributed by atoms with Crippen molar-refractivity contribution in [3.63, 3.8) is 0 Å². The fourth-order valence-electron chi connectivity index (χ4n) is 1.14. The maximum Gasteiger partial charge on any atom is 0.386 e. The smallest absolute Gasteiger partial charge is 0.317 e. The Labute approximate surface area is 123 Å². The van der Waals surface area contributed by atoms with E-state index < -0.39 is 6.80 Å². The van der Waals surface area contributed by atoms with Gasteiger partial charge in [-0.05, 0) is 50.7 Å². The second-order valence-electron chi connectivity index (χ2n) is 4.18. The number of hydrogen-bond donors (Lipinski definition) is 2. The predicted molar refractivity (Wildman–Crippen MR) is 86.9 cm³/mol. The summed E-state index contributed by atoms with van der Waals surface area (Å²) in [7, 11) is 0. The molecular weight excluding hydrogens is 281 g/mol. The van der Waals surface area contributed by atoms with Crippen LogP contribution in [0.4, 0.5) is 0 Å². The first-order valence-corrected chi connectivity index (χ1v) is 10.5. The first kappa shape index (κ1) is 21.8. The van der Waals surface area contributed by atoms with E-state index in [2.05, 4.69) is 23.7 Å². The molecule has 0 aromatic carbocycles. The molecule has 0 saturated carbocycles. The summed E-state index contributed by atoms with van der Waals surface area (Å²) in [6, 6.07) is 0. The van der Waals surface area contributed by atoms with E-state index in [-0.39, 0.29) is 0 Å². The molecule has 118 valence electrons. The van der Waals surface area contributed by atoms with E-state index >= 15 is 0 Å². The molecule has 0 bridgehead atoms. The first-order valence-electron chi connectivity index (χ1n) is 7.36. The highest BCUT2D eigenvalue weighted by Crippen LogP contribution is 2.55. The van der Waals surface area contributed by atoms with Crippen molar-refractivity contribution in [3.05, 3.63) is 0 Å². The molecule has 2 N–H and O–H groups in total. The third-order valence-corrected chi connectivity index (χ3v) is 5.51. The molecule has 0 aliphatic rings. The van der Waals surface area contributed by atoms with Crippen molar-refractivity contribution >= 4 is 18.2 Å². The van der Waals surface area contributed by atoms with Crippen LogP contribution in [0, 0.1) is 0 Å². The predicted octanol–water partition coefficient (Wildman–Crippen LogP) is 4.44. The fraction of sp³-hybridized carbons (Fsp3) is 1.00. The van der Waals surface area contributed by atoms with Crippen LogP contribution in [0.15, 0.2) is 0 Å². The molecule has 0 rings (SSSR count). The van der Waals surface area contributed by atoms with Crippen molar-refractivity contribution in [2.75, 3.05) is 25.4 Å². The van der Waals surface area contributed by atoms with Gasteiger partial charge in [0.25, 0.3) is 0 Å². The van der Waals surface area contributed by atoms with Crippen LogP contribution in [0.25, 0.3) is 0 Å². The number of hydrogen-bond acceptors (Lipinski definition) is 4. The zero-order valence-corrected chi connectivity index (χ0v) is 14.7. The Morgan fingerprint density at radius 1 is 1.05 bits per heavy atom. The van der Waals surface area contributed by atoms with Crippen LogP contribution in [0.1, 0.15) is 59.8 Å². The summed E-state index contributed by atoms with van der Waals surface area (Å²) in [5.74, 6) is 0.674. The highest BCUT2D eigenvalue weighted by atomic mass is 32.7. The highest BCUT2D eigenvalue weighted by molar-refractivity contribution is 8.54. The summed E-state index contributed by atoms with van der Waals surface area (Å²) < 4.78 is 15.5. The van der Waals surface area contributed by atoms with Gasteiger partial charge in [-0.25, -0.2) is 4.57 Å². The van der Waals surface area contributed by atoms with Gasteiger partial charge < -0.3 is 14.7 Å². The quantitative estimate of drug-likeness (QED) is 0.436. The molecule has 0 aromatic rings. The molecule has 6 heteroatoms. The van der Waals surface area contributed by atoms with E-state index in [1.54, 1.807) is 6.92 Å². The van der Waals surface area contributed by atoms with Gasteiger partial charge in [0, 0.05) is 5.75 Å². The Balaban J connectivity index is 0. The molecule has 0 aliphatic heterocycles. The van der Waals surface area contributed by atoms with Crippen LogP contribution in [-0.4, -0.2) is 30.3 Å². The van der Waals surface area contributed by atoms with Crippen LogP contribution in [0.2, 0.25) is 0 Å². The average molecular weight is 313 g/mol. The van der Waals surface area contributed by atoms with Gasteiger partial charge in [0.15, 0.2) is 0 Å². The van der Waals surface area contributed by atoms with Gasteiger partial charge in [-0.2, -0.15) is 0 Å². The fourth-order valence-corrected chi connectivity index (χ4v) is 3.73. The van der Waals surface area contributed by atoms with Gasteiger partial charge in [-0.15, -0.1) is 0 Å². The minimum Gasteiger partial charge on any atom is -0.317 e. The zero-order valence-electron chi connectivity index (χ0n) is 13.0. The standard InChI is InChI=1S/C8H19N.C5H13O3PS/c1-3-5-7-9-8-6-4-2;1-3-5-10-9(6,7)8-4-2/h9H,3-8H2,1-2H3;3-5H2,1-2H3,(H,6,7). The third-order valence-electron chi connectivity index (χ3n) is 2.17. The normalized spacial score (nSPS) is 13.5. The summed E-state index contributed by atoms with van der Waals surface area (Å²) in [4.78, 5) is 8.94. The molecule has 0 fully saturated rings. The van der Waals surface area contributed by atoms with Gasteiger partial charge >= 0.3 is 6.80 Å². The van der Waals surface area contributed by atoms with E-state index in [0.29, 0.717) is 12.4 Å². The number of nitrogens with one attached hydrogen (secondary N) is 1. The molecule has 0 saturated heterocycles. The largest absolute Gasteiger partial charge is 0.386 e. The van der Waals surface area contributed by atoms with E-state index in [1.807, 2.05) is 6.92 Å². The minimum atomic E-state index is -3.29. The van der Waals surface area contributed by atoms with E-state index in [9.17, 15) is 4.57 Å². The zero-order chi connectivity index (χ0) is 15.0. The summed E-state index contributed by atoms with van der Waals surface area (Å²) in [5, 5.41) is 3.39. The molecule has 1 atom stereocenters. The Hall–Kier alpha value is 0.460. The molecule has 0 aliphatic carbocycles. The third kappa shape index (κ3) is 20.9. The minimum absolute atomic E-state index is 0.296. The lowest BCUT2D eigenvalue weighted by molar-refractivity contribution is 0.291. The molecule has 0 radical (unpaired) electrons. The van der Waals surface area contributed by atoms with E-state index in [0.717, 1.165) is 17.8 Å². The Morgan fingerprint density at radius 3 is 1.95 bits per heavy atom. The van der Waals surface area contributed by atoms with Crippen LogP contribution in [-0.2, 0) is 9.09 Å². The number of rotatable bonds is 11. The van der Waals surface area contributed by atoms with E-state index in [4.69, 9.17) is 4.89 Å². The molecule has 4 nitrogen and oxygen atoms in total. The monoisotopic (exact) mass is 313 g/mol. The molecule has 19 heavy (non-hydrogen) atoms. The highest BCUT2D eigenvalue weighted by Gasteiger charge is 2.17. The Morgan fingerprint density at radius 2 is 1.58 bits per heavy atom. The molecule has 0 spiro atoms. The Kier molecular flexibility index (Phi) is 18.9. The van der Waals surface area contributed by atoms with Crippen molar-refractivity contribution in [2.45, 2.75) is 59.8 Å². The van der Waals surface area contributed by atoms with Gasteiger partial charge in [0.2, 0.25) is 0 Å². The van der Waals surface area contributed by atoms with Gasteiger partial charge in [0.05, 0.1) is 6.61 Å². The maximum atomic E-state index is 10.9. The summed E-state index contributed by atoms with van der Waals surface area (Å²) in [6.07, 6.45) is 6.15. The lowest BCUT2D eigenvalue weighted by Gasteiger charge is -2.07. The van der Waals surface area contributed by atoms with Crippen molar-refractivity contribution in [2.24, 2.45) is 0 Å². The van der Waals surface area contributed by atoms with Gasteiger partial charge in [-0.3, -0.25) is 0 Å². The topological polar surface area (TPSA) is 58.6 Å². The van der Waals surface area contributed by atoms with E-state index in [1.165, 1.54) is 38.8 Å². The maximum absolute atomic E-state index is 10.9. The van der Waals surface area contributed by atoms with Crippen molar-refractivity contribution in [1.82, 2.24) is 5.32 Å². The summed E-state index contributed by atoms with van der Waals surface area (Å²) in [6.45, 7) is 7.52. The molecule has 0 amide bonds.